The van der Waals surface area contributed by atoms with Crippen LogP contribution in [0.5, 0.6) is 5.75 Å². The molecule has 0 atom stereocenters. The van der Waals surface area contributed by atoms with Crippen molar-refractivity contribution in [3.05, 3.63) is 36.4 Å². The van der Waals surface area contributed by atoms with E-state index in [1.54, 1.807) is 19.1 Å². The largest absolute Gasteiger partial charge is 1.00 e. The topological polar surface area (TPSA) is 9.23 Å². The molecule has 18 heavy (non-hydrogen) atoms. The van der Waals surface area contributed by atoms with Crippen molar-refractivity contribution in [2.75, 3.05) is 6.61 Å². The van der Waals surface area contributed by atoms with Crippen molar-refractivity contribution in [1.82, 2.24) is 0 Å². The molecular weight excluding hydrogens is 267 g/mol. The molecule has 0 saturated heterocycles. The van der Waals surface area contributed by atoms with Gasteiger partial charge in [0.25, 0.3) is 0 Å². The van der Waals surface area contributed by atoms with Crippen LogP contribution in [0, 0.1) is 6.92 Å². The van der Waals surface area contributed by atoms with E-state index >= 15 is 0 Å². The number of allylic oxidation sites excluding steroid dienone is 1. The van der Waals surface area contributed by atoms with Gasteiger partial charge in [-0.1, -0.05) is 29.2 Å². The fourth-order valence-corrected chi connectivity index (χ4v) is 1.46. The van der Waals surface area contributed by atoms with E-state index in [4.69, 9.17) is 4.74 Å². The van der Waals surface area contributed by atoms with Gasteiger partial charge in [-0.05, 0) is 25.8 Å². The van der Waals surface area contributed by atoms with Gasteiger partial charge in [-0.15, -0.1) is 6.58 Å². The molecule has 0 aromatic heterocycles. The zero-order valence-corrected chi connectivity index (χ0v) is 13.9. The van der Waals surface area contributed by atoms with Crippen LogP contribution in [0.1, 0.15) is 18.4 Å². The van der Waals surface area contributed by atoms with Gasteiger partial charge in [0.2, 0.25) is 0 Å². The molecule has 0 spiro atoms. The van der Waals surface area contributed by atoms with Crippen molar-refractivity contribution in [2.45, 2.75) is 19.8 Å². The monoisotopic (exact) mass is 282 g/mol. The van der Waals surface area contributed by atoms with E-state index in [9.17, 15) is 12.9 Å². The smallest absolute Gasteiger partial charge is 0.497 e. The molecule has 0 amide bonds. The maximum absolute atomic E-state index is 12.8. The average Bonchev–Trinajstić information content (AvgIpc) is 2.25. The van der Waals surface area contributed by atoms with Crippen molar-refractivity contribution in [2.24, 2.45) is 0 Å². The standard InChI is InChI=1S/C12H15BF3O.K/c1-3-4-5-8-17-12-7-6-10(2)9-11(12)13(14,15)16;/h3,6-7,9H,1,4-5,8H2,2H3;/q-1;+1. The Hall–Kier alpha value is 0.251. The number of aryl methyl sites for hydroxylation is 1. The predicted octanol–water partition coefficient (Wildman–Crippen LogP) is 0.398. The minimum atomic E-state index is -5.03. The van der Waals surface area contributed by atoms with E-state index in [1.807, 2.05) is 0 Å². The molecule has 1 aromatic carbocycles. The van der Waals surface area contributed by atoms with Crippen molar-refractivity contribution < 1.29 is 69.1 Å². The zero-order valence-electron chi connectivity index (χ0n) is 10.8. The maximum atomic E-state index is 12.8. The zero-order chi connectivity index (χ0) is 12.9. The van der Waals surface area contributed by atoms with Crippen LogP contribution in [0.4, 0.5) is 12.9 Å². The fourth-order valence-electron chi connectivity index (χ4n) is 1.46. The SMILES string of the molecule is C=CCCCOc1ccc(C)cc1[B-](F)(F)F.[K+]. The van der Waals surface area contributed by atoms with Crippen LogP contribution < -0.4 is 61.6 Å². The van der Waals surface area contributed by atoms with Gasteiger partial charge in [0.1, 0.15) is 0 Å². The quantitative estimate of drug-likeness (QED) is 0.417. The van der Waals surface area contributed by atoms with Crippen LogP contribution in [0.3, 0.4) is 0 Å². The van der Waals surface area contributed by atoms with E-state index in [0.717, 1.165) is 12.5 Å². The van der Waals surface area contributed by atoms with Gasteiger partial charge in [-0.2, -0.15) is 0 Å². The Labute approximate surface area is 148 Å². The summed E-state index contributed by atoms with van der Waals surface area (Å²) in [6, 6.07) is 4.13. The van der Waals surface area contributed by atoms with Gasteiger partial charge in [-0.3, -0.25) is 0 Å². The van der Waals surface area contributed by atoms with Gasteiger partial charge < -0.3 is 17.7 Å². The summed E-state index contributed by atoms with van der Waals surface area (Å²) >= 11 is 0. The average molecular weight is 282 g/mol. The number of ether oxygens (including phenoxy) is 1. The molecular formula is C12H15BF3KO. The second-order valence-electron chi connectivity index (χ2n) is 3.90. The number of hydrogen-bond donors (Lipinski definition) is 0. The van der Waals surface area contributed by atoms with Gasteiger partial charge in [0.05, 0.1) is 12.4 Å². The van der Waals surface area contributed by atoms with Crippen molar-refractivity contribution in [3.63, 3.8) is 0 Å². The van der Waals surface area contributed by atoms with E-state index in [0.29, 0.717) is 12.0 Å². The van der Waals surface area contributed by atoms with Crippen LogP contribution in [-0.4, -0.2) is 13.6 Å². The first-order chi connectivity index (χ1) is 7.95. The first-order valence-corrected chi connectivity index (χ1v) is 5.49. The summed E-state index contributed by atoms with van der Waals surface area (Å²) in [5.41, 5.74) is -0.0683. The summed E-state index contributed by atoms with van der Waals surface area (Å²) in [6.07, 6.45) is 3.12. The molecule has 0 aliphatic heterocycles. The molecule has 1 aromatic rings. The summed E-state index contributed by atoms with van der Waals surface area (Å²) in [7, 11) is 0. The molecule has 0 heterocycles. The third-order valence-electron chi connectivity index (χ3n) is 2.33. The Morgan fingerprint density at radius 3 is 2.56 bits per heavy atom. The van der Waals surface area contributed by atoms with Gasteiger partial charge in [-0.25, -0.2) is 0 Å². The minimum absolute atomic E-state index is 0. The Morgan fingerprint density at radius 2 is 2.00 bits per heavy atom. The Kier molecular flexibility index (Phi) is 8.55. The van der Waals surface area contributed by atoms with Gasteiger partial charge in [0.15, 0.2) is 0 Å². The number of unbranched alkanes of at least 4 members (excludes halogenated alkanes) is 1. The summed E-state index contributed by atoms with van der Waals surface area (Å²) in [6.45, 7) is 0.418. The molecule has 1 rings (SSSR count). The summed E-state index contributed by atoms with van der Waals surface area (Å²) in [5, 5.41) is 0. The molecule has 0 unspecified atom stereocenters. The second-order valence-corrected chi connectivity index (χ2v) is 3.90. The van der Waals surface area contributed by atoms with Crippen LogP contribution in [0.2, 0.25) is 0 Å². The molecule has 6 heteroatoms. The number of benzene rings is 1. The molecule has 0 aliphatic carbocycles. The van der Waals surface area contributed by atoms with Crippen molar-refractivity contribution in [1.29, 1.82) is 0 Å². The van der Waals surface area contributed by atoms with Crippen molar-refractivity contribution >= 4 is 12.4 Å². The van der Waals surface area contributed by atoms with Crippen LogP contribution in [-0.2, 0) is 0 Å². The normalized spacial score (nSPS) is 10.7. The molecule has 1 nitrogen and oxygen atoms in total. The van der Waals surface area contributed by atoms with E-state index < -0.39 is 12.4 Å². The number of hydrogen-bond acceptors (Lipinski definition) is 1. The summed E-state index contributed by atoms with van der Waals surface area (Å²) in [5.74, 6) is -0.0767. The molecule has 0 fully saturated rings. The first-order valence-electron chi connectivity index (χ1n) is 5.49. The summed E-state index contributed by atoms with van der Waals surface area (Å²) < 4.78 is 43.5. The van der Waals surface area contributed by atoms with Gasteiger partial charge >= 0.3 is 58.4 Å². The van der Waals surface area contributed by atoms with E-state index in [2.05, 4.69) is 6.58 Å². The van der Waals surface area contributed by atoms with Crippen LogP contribution in [0.25, 0.3) is 0 Å². The Balaban J connectivity index is 0.00000289. The molecule has 94 valence electrons. The molecule has 0 bridgehead atoms. The predicted molar refractivity (Wildman–Crippen MR) is 64.8 cm³/mol. The van der Waals surface area contributed by atoms with Gasteiger partial charge in [0, 0.05) is 0 Å². The number of halogens is 3. The van der Waals surface area contributed by atoms with Crippen LogP contribution >= 0.6 is 0 Å². The second kappa shape index (κ2) is 8.43. The Morgan fingerprint density at radius 1 is 1.33 bits per heavy atom. The molecule has 0 N–H and O–H groups in total. The number of rotatable bonds is 6. The first kappa shape index (κ1) is 18.3. The maximum Gasteiger partial charge on any atom is 1.00 e. The third-order valence-corrected chi connectivity index (χ3v) is 2.33. The Bertz CT molecular complexity index is 393. The third kappa shape index (κ3) is 5.93. The molecule has 0 saturated carbocycles. The van der Waals surface area contributed by atoms with E-state index in [-0.39, 0.29) is 63.7 Å². The molecule has 0 radical (unpaired) electrons. The van der Waals surface area contributed by atoms with Crippen molar-refractivity contribution in [3.8, 4) is 5.75 Å². The minimum Gasteiger partial charge on any atom is -0.497 e. The fraction of sp³-hybridized carbons (Fsp3) is 0.333. The molecule has 0 aliphatic rings. The summed E-state index contributed by atoms with van der Waals surface area (Å²) in [4.78, 5) is 0. The van der Waals surface area contributed by atoms with Crippen LogP contribution in [0.15, 0.2) is 30.9 Å². The van der Waals surface area contributed by atoms with E-state index in [1.165, 1.54) is 6.07 Å².